The fraction of sp³-hybridized carbons (Fsp3) is 1.00. The van der Waals surface area contributed by atoms with Crippen molar-refractivity contribution in [3.05, 3.63) is 0 Å². The Labute approximate surface area is 240 Å². The molecule has 0 aliphatic heterocycles. The van der Waals surface area contributed by atoms with E-state index in [1.54, 1.807) is 21.3 Å². The van der Waals surface area contributed by atoms with Crippen molar-refractivity contribution in [3.63, 3.8) is 0 Å². The summed E-state index contributed by atoms with van der Waals surface area (Å²) in [6, 6.07) is 0.936. The number of rotatable bonds is 33. The lowest BCUT2D eigenvalue weighted by Gasteiger charge is -2.24. The fourth-order valence-corrected chi connectivity index (χ4v) is 7.40. The van der Waals surface area contributed by atoms with Gasteiger partial charge >= 0.3 is 8.80 Å². The highest BCUT2D eigenvalue weighted by atomic mass is 28.4. The zero-order valence-corrected chi connectivity index (χ0v) is 27.4. The van der Waals surface area contributed by atoms with Crippen LogP contribution in [0.15, 0.2) is 0 Å². The van der Waals surface area contributed by atoms with Crippen LogP contribution < -0.4 is 0 Å². The van der Waals surface area contributed by atoms with Crippen LogP contribution in [0.3, 0.4) is 0 Å². The van der Waals surface area contributed by atoms with Gasteiger partial charge in [-0.25, -0.2) is 0 Å². The van der Waals surface area contributed by atoms with E-state index in [0.717, 1.165) is 18.9 Å². The number of hydrogen-bond donors (Lipinski definition) is 1. The molecule has 0 spiro atoms. The number of hydrogen-bond acceptors (Lipinski definition) is 4. The van der Waals surface area contributed by atoms with E-state index in [2.05, 4.69) is 0 Å². The standard InChI is InChI=1S/C33H70O4Si/c1-35-38(36-2,37-3)33-31-29-27-25-23-21-19-17-15-13-11-9-7-5-4-6-8-10-12-14-16-18-20-22-24-26-28-30-32-34/h34H,4-33H2,1-3H3. The first-order valence-electron chi connectivity index (χ1n) is 17.0. The SMILES string of the molecule is CO[Si](CCCCCCCCCCCCCCCCCCCCCCCCCCCCCCO)(OC)OC. The van der Waals surface area contributed by atoms with Crippen LogP contribution in [0.4, 0.5) is 0 Å². The number of aliphatic hydroxyl groups is 1. The zero-order chi connectivity index (χ0) is 27.8. The van der Waals surface area contributed by atoms with Gasteiger partial charge in [0.1, 0.15) is 0 Å². The van der Waals surface area contributed by atoms with E-state index in [1.165, 1.54) is 167 Å². The maximum absolute atomic E-state index is 8.78. The van der Waals surface area contributed by atoms with Gasteiger partial charge in [0.2, 0.25) is 0 Å². The number of aliphatic hydroxyl groups excluding tert-OH is 1. The number of unbranched alkanes of at least 4 members (excludes halogenated alkanes) is 27. The summed E-state index contributed by atoms with van der Waals surface area (Å²) in [5.41, 5.74) is 0. The Balaban J connectivity index is 3.13. The molecule has 1 N–H and O–H groups in total. The molecule has 0 atom stereocenters. The van der Waals surface area contributed by atoms with E-state index in [1.807, 2.05) is 0 Å². The summed E-state index contributed by atoms with van der Waals surface area (Å²) < 4.78 is 16.5. The van der Waals surface area contributed by atoms with Gasteiger partial charge in [0.15, 0.2) is 0 Å². The Kier molecular flexibility index (Phi) is 31.6. The summed E-state index contributed by atoms with van der Waals surface area (Å²) in [7, 11) is 2.77. The van der Waals surface area contributed by atoms with Gasteiger partial charge in [-0.1, -0.05) is 167 Å². The Bertz CT molecular complexity index is 423. The second-order valence-electron chi connectivity index (χ2n) is 11.7. The molecule has 0 aromatic rings. The van der Waals surface area contributed by atoms with Crippen molar-refractivity contribution >= 4 is 8.80 Å². The second-order valence-corrected chi connectivity index (χ2v) is 14.8. The van der Waals surface area contributed by atoms with Crippen molar-refractivity contribution in [3.8, 4) is 0 Å². The lowest BCUT2D eigenvalue weighted by atomic mass is 10.0. The Morgan fingerprint density at radius 1 is 0.316 bits per heavy atom. The summed E-state index contributed by atoms with van der Waals surface area (Å²) in [4.78, 5) is 0. The molecule has 0 aromatic carbocycles. The van der Waals surface area contributed by atoms with Crippen molar-refractivity contribution in [2.24, 2.45) is 0 Å². The highest BCUT2D eigenvalue weighted by Crippen LogP contribution is 2.19. The minimum Gasteiger partial charge on any atom is -0.396 e. The van der Waals surface area contributed by atoms with Crippen LogP contribution in [-0.2, 0) is 13.3 Å². The topological polar surface area (TPSA) is 47.9 Å². The van der Waals surface area contributed by atoms with Gasteiger partial charge in [0, 0.05) is 34.0 Å². The molecule has 0 amide bonds. The normalized spacial score (nSPS) is 12.0. The smallest absolute Gasteiger partial charge is 0.396 e. The van der Waals surface area contributed by atoms with Crippen molar-refractivity contribution in [1.29, 1.82) is 0 Å². The van der Waals surface area contributed by atoms with E-state index >= 15 is 0 Å². The monoisotopic (exact) mass is 559 g/mol. The molecule has 0 heterocycles. The highest BCUT2D eigenvalue weighted by Gasteiger charge is 2.36. The van der Waals surface area contributed by atoms with Crippen LogP contribution in [0.25, 0.3) is 0 Å². The molecule has 0 unspecified atom stereocenters. The summed E-state index contributed by atoms with van der Waals surface area (Å²) in [5, 5.41) is 8.78. The molecular formula is C33H70O4Si. The van der Waals surface area contributed by atoms with Gasteiger partial charge in [-0.15, -0.1) is 0 Å². The molecule has 0 saturated heterocycles. The minimum atomic E-state index is -2.34. The third kappa shape index (κ3) is 26.3. The molecule has 0 aliphatic carbocycles. The van der Waals surface area contributed by atoms with Crippen molar-refractivity contribution in [2.75, 3.05) is 27.9 Å². The average Bonchev–Trinajstić information content (AvgIpc) is 2.94. The fourth-order valence-electron chi connectivity index (χ4n) is 5.61. The van der Waals surface area contributed by atoms with E-state index in [0.29, 0.717) is 6.61 Å². The predicted octanol–water partition coefficient (Wildman–Crippen LogP) is 10.8. The van der Waals surface area contributed by atoms with Gasteiger partial charge in [-0.3, -0.25) is 0 Å². The predicted molar refractivity (Wildman–Crippen MR) is 168 cm³/mol. The third-order valence-corrected chi connectivity index (χ3v) is 11.2. The van der Waals surface area contributed by atoms with E-state index in [9.17, 15) is 0 Å². The molecule has 230 valence electrons. The van der Waals surface area contributed by atoms with Gasteiger partial charge in [-0.05, 0) is 12.8 Å². The van der Waals surface area contributed by atoms with Gasteiger partial charge in [0.05, 0.1) is 0 Å². The first kappa shape index (κ1) is 38.1. The largest absolute Gasteiger partial charge is 0.500 e. The molecule has 0 rings (SSSR count). The molecule has 4 nitrogen and oxygen atoms in total. The second kappa shape index (κ2) is 31.6. The summed E-state index contributed by atoms with van der Waals surface area (Å²) in [6.07, 6.45) is 38.9. The van der Waals surface area contributed by atoms with Gasteiger partial charge in [0.25, 0.3) is 0 Å². The molecule has 0 fully saturated rings. The van der Waals surface area contributed by atoms with E-state index in [4.69, 9.17) is 18.4 Å². The maximum atomic E-state index is 8.78. The average molecular weight is 559 g/mol. The van der Waals surface area contributed by atoms with Crippen molar-refractivity contribution in [2.45, 2.75) is 186 Å². The first-order valence-corrected chi connectivity index (χ1v) is 18.9. The summed E-state index contributed by atoms with van der Waals surface area (Å²) >= 11 is 0. The van der Waals surface area contributed by atoms with Gasteiger partial charge < -0.3 is 18.4 Å². The maximum Gasteiger partial charge on any atom is 0.500 e. The first-order chi connectivity index (χ1) is 18.7. The van der Waals surface area contributed by atoms with Crippen LogP contribution in [0.2, 0.25) is 6.04 Å². The third-order valence-electron chi connectivity index (χ3n) is 8.32. The quantitative estimate of drug-likeness (QED) is 0.0642. The molecule has 0 saturated carbocycles. The Morgan fingerprint density at radius 2 is 0.500 bits per heavy atom. The highest BCUT2D eigenvalue weighted by molar-refractivity contribution is 6.60. The van der Waals surface area contributed by atoms with Crippen LogP contribution in [0.1, 0.15) is 180 Å². The van der Waals surface area contributed by atoms with Crippen LogP contribution in [0, 0.1) is 0 Å². The molecule has 0 aromatic heterocycles. The molecule has 38 heavy (non-hydrogen) atoms. The molecule has 0 radical (unpaired) electrons. The Morgan fingerprint density at radius 3 is 0.684 bits per heavy atom. The summed E-state index contributed by atoms with van der Waals surface area (Å²) in [5.74, 6) is 0. The van der Waals surface area contributed by atoms with E-state index in [-0.39, 0.29) is 0 Å². The molecule has 0 aliphatic rings. The lowest BCUT2D eigenvalue weighted by Crippen LogP contribution is -2.42. The van der Waals surface area contributed by atoms with E-state index < -0.39 is 8.80 Å². The van der Waals surface area contributed by atoms with Crippen LogP contribution in [0.5, 0.6) is 0 Å². The van der Waals surface area contributed by atoms with Gasteiger partial charge in [-0.2, -0.15) is 0 Å². The zero-order valence-electron chi connectivity index (χ0n) is 26.4. The molecule has 0 bridgehead atoms. The molecular weight excluding hydrogens is 488 g/mol. The minimum absolute atomic E-state index is 0.369. The van der Waals surface area contributed by atoms with Crippen LogP contribution >= 0.6 is 0 Å². The lowest BCUT2D eigenvalue weighted by molar-refractivity contribution is 0.122. The summed E-state index contributed by atoms with van der Waals surface area (Å²) in [6.45, 7) is 0.369. The van der Waals surface area contributed by atoms with Crippen molar-refractivity contribution in [1.82, 2.24) is 0 Å². The van der Waals surface area contributed by atoms with Crippen molar-refractivity contribution < 1.29 is 18.4 Å². The Hall–Kier alpha value is 0.0569. The molecule has 5 heteroatoms. The van der Waals surface area contributed by atoms with Crippen LogP contribution in [-0.4, -0.2) is 41.8 Å².